The average molecular weight is 266 g/mol. The summed E-state index contributed by atoms with van der Waals surface area (Å²) in [5.41, 5.74) is 0.718. The van der Waals surface area contributed by atoms with E-state index in [1.807, 2.05) is 0 Å². The van der Waals surface area contributed by atoms with Gasteiger partial charge in [0.05, 0.1) is 0 Å². The molecule has 0 bridgehead atoms. The van der Waals surface area contributed by atoms with Crippen LogP contribution in [0.3, 0.4) is 0 Å². The molecule has 1 aliphatic heterocycles. The number of halogens is 1. The lowest BCUT2D eigenvalue weighted by molar-refractivity contribution is 0.151. The number of nitrogens with one attached hydrogen (secondary N) is 1. The number of phenolic OH excluding ortho intramolecular Hbond substituents is 1. The molecule has 0 radical (unpaired) electrons. The van der Waals surface area contributed by atoms with Gasteiger partial charge in [-0.2, -0.15) is 0 Å². The van der Waals surface area contributed by atoms with E-state index in [-0.39, 0.29) is 17.6 Å². The Morgan fingerprint density at radius 3 is 2.63 bits per heavy atom. The monoisotopic (exact) mass is 266 g/mol. The van der Waals surface area contributed by atoms with Gasteiger partial charge in [0, 0.05) is 37.8 Å². The van der Waals surface area contributed by atoms with Crippen molar-refractivity contribution in [1.82, 2.24) is 10.2 Å². The normalized spacial score (nSPS) is 18.7. The van der Waals surface area contributed by atoms with E-state index in [9.17, 15) is 9.50 Å². The van der Waals surface area contributed by atoms with Crippen LogP contribution in [-0.2, 0) is 0 Å². The Balaban J connectivity index is 2.27. The summed E-state index contributed by atoms with van der Waals surface area (Å²) in [6.07, 6.45) is 0.928. The highest BCUT2D eigenvalue weighted by Crippen LogP contribution is 2.34. The molecule has 1 atom stereocenters. The first-order valence-electron chi connectivity index (χ1n) is 7.01. The molecule has 0 aliphatic carbocycles. The second-order valence-electron chi connectivity index (χ2n) is 5.63. The highest BCUT2D eigenvalue weighted by Gasteiger charge is 2.25. The van der Waals surface area contributed by atoms with E-state index >= 15 is 0 Å². The Bertz CT molecular complexity index is 417. The van der Waals surface area contributed by atoms with Crippen molar-refractivity contribution in [3.63, 3.8) is 0 Å². The maximum atomic E-state index is 13.5. The molecular weight excluding hydrogens is 243 g/mol. The van der Waals surface area contributed by atoms with Gasteiger partial charge in [-0.15, -0.1) is 0 Å². The number of hydrogen-bond donors (Lipinski definition) is 2. The van der Waals surface area contributed by atoms with Crippen LogP contribution in [0.2, 0.25) is 0 Å². The van der Waals surface area contributed by atoms with E-state index in [4.69, 9.17) is 0 Å². The van der Waals surface area contributed by atoms with Gasteiger partial charge in [0.25, 0.3) is 0 Å². The molecule has 0 saturated carbocycles. The van der Waals surface area contributed by atoms with Crippen LogP contribution in [0.1, 0.15) is 31.9 Å². The van der Waals surface area contributed by atoms with Gasteiger partial charge in [-0.3, -0.25) is 4.90 Å². The van der Waals surface area contributed by atoms with Gasteiger partial charge in [-0.05, 0) is 30.5 Å². The minimum absolute atomic E-state index is 0.0952. The molecular formula is C15H23FN2O. The maximum absolute atomic E-state index is 13.5. The number of benzene rings is 1. The quantitative estimate of drug-likeness (QED) is 0.879. The Morgan fingerprint density at radius 1 is 1.32 bits per heavy atom. The van der Waals surface area contributed by atoms with E-state index in [0.717, 1.165) is 38.2 Å². The minimum Gasteiger partial charge on any atom is -0.508 e. The standard InChI is InChI=1S/C15H23FN2O/c1-11(2)9-14(18-7-5-17-6-8-18)13-10-12(16)3-4-15(13)19/h3-4,10-11,14,17,19H,5-9H2,1-2H3/t14-/m1/s1. The molecule has 19 heavy (non-hydrogen) atoms. The van der Waals surface area contributed by atoms with Crippen LogP contribution >= 0.6 is 0 Å². The van der Waals surface area contributed by atoms with E-state index < -0.39 is 0 Å². The molecule has 106 valence electrons. The van der Waals surface area contributed by atoms with E-state index in [2.05, 4.69) is 24.1 Å². The van der Waals surface area contributed by atoms with Crippen molar-refractivity contribution in [3.8, 4) is 5.75 Å². The molecule has 2 rings (SSSR count). The van der Waals surface area contributed by atoms with E-state index in [0.29, 0.717) is 5.92 Å². The summed E-state index contributed by atoms with van der Waals surface area (Å²) in [6.45, 7) is 8.09. The summed E-state index contributed by atoms with van der Waals surface area (Å²) in [5, 5.41) is 13.4. The van der Waals surface area contributed by atoms with Crippen molar-refractivity contribution >= 4 is 0 Å². The topological polar surface area (TPSA) is 35.5 Å². The molecule has 1 aromatic rings. The Labute approximate surface area is 114 Å². The maximum Gasteiger partial charge on any atom is 0.123 e. The molecule has 1 aliphatic rings. The Morgan fingerprint density at radius 2 is 2.00 bits per heavy atom. The molecule has 3 nitrogen and oxygen atoms in total. The third kappa shape index (κ3) is 3.67. The third-order valence-corrected chi connectivity index (χ3v) is 3.64. The molecule has 4 heteroatoms. The second-order valence-corrected chi connectivity index (χ2v) is 5.63. The Hall–Kier alpha value is -1.13. The molecule has 0 spiro atoms. The molecule has 0 unspecified atom stereocenters. The van der Waals surface area contributed by atoms with Gasteiger partial charge >= 0.3 is 0 Å². The SMILES string of the molecule is CC(C)C[C@H](c1cc(F)ccc1O)N1CCNCC1. The fourth-order valence-corrected chi connectivity index (χ4v) is 2.71. The summed E-state index contributed by atoms with van der Waals surface area (Å²) < 4.78 is 13.5. The van der Waals surface area contributed by atoms with Crippen LogP contribution in [0, 0.1) is 11.7 Å². The molecule has 1 heterocycles. The van der Waals surface area contributed by atoms with E-state index in [1.165, 1.54) is 18.2 Å². The lowest BCUT2D eigenvalue weighted by Gasteiger charge is -2.36. The van der Waals surface area contributed by atoms with Gasteiger partial charge in [0.15, 0.2) is 0 Å². The van der Waals surface area contributed by atoms with Crippen molar-refractivity contribution in [2.24, 2.45) is 5.92 Å². The summed E-state index contributed by atoms with van der Waals surface area (Å²) >= 11 is 0. The summed E-state index contributed by atoms with van der Waals surface area (Å²) in [5.74, 6) is 0.421. The number of piperazine rings is 1. The predicted molar refractivity (Wildman–Crippen MR) is 74.7 cm³/mol. The van der Waals surface area contributed by atoms with Crippen molar-refractivity contribution in [1.29, 1.82) is 0 Å². The summed E-state index contributed by atoms with van der Waals surface area (Å²) in [6, 6.07) is 4.34. The number of hydrogen-bond acceptors (Lipinski definition) is 3. The summed E-state index contributed by atoms with van der Waals surface area (Å²) in [4.78, 5) is 2.34. The van der Waals surface area contributed by atoms with Crippen LogP contribution in [0.25, 0.3) is 0 Å². The Kier molecular flexibility index (Phi) is 4.77. The zero-order chi connectivity index (χ0) is 13.8. The van der Waals surface area contributed by atoms with Crippen molar-refractivity contribution < 1.29 is 9.50 Å². The van der Waals surface area contributed by atoms with Gasteiger partial charge in [0.2, 0.25) is 0 Å². The van der Waals surface area contributed by atoms with Gasteiger partial charge in [-0.25, -0.2) is 4.39 Å². The first kappa shape index (κ1) is 14.3. The van der Waals surface area contributed by atoms with Crippen molar-refractivity contribution in [3.05, 3.63) is 29.6 Å². The number of rotatable bonds is 4. The fourth-order valence-electron chi connectivity index (χ4n) is 2.71. The van der Waals surface area contributed by atoms with E-state index in [1.54, 1.807) is 0 Å². The first-order chi connectivity index (χ1) is 9.08. The molecule has 0 amide bonds. The highest BCUT2D eigenvalue weighted by molar-refractivity contribution is 5.35. The van der Waals surface area contributed by atoms with Crippen LogP contribution in [0.15, 0.2) is 18.2 Å². The largest absolute Gasteiger partial charge is 0.508 e. The average Bonchev–Trinajstić information content (AvgIpc) is 2.40. The number of aromatic hydroxyl groups is 1. The van der Waals surface area contributed by atoms with Crippen LogP contribution < -0.4 is 5.32 Å². The molecule has 1 fully saturated rings. The third-order valence-electron chi connectivity index (χ3n) is 3.64. The second kappa shape index (κ2) is 6.35. The van der Waals surface area contributed by atoms with Crippen molar-refractivity contribution in [2.75, 3.05) is 26.2 Å². The smallest absolute Gasteiger partial charge is 0.123 e. The fraction of sp³-hybridized carbons (Fsp3) is 0.600. The van der Waals surface area contributed by atoms with Gasteiger partial charge in [-0.1, -0.05) is 13.8 Å². The minimum atomic E-state index is -0.281. The van der Waals surface area contributed by atoms with Crippen LogP contribution in [-0.4, -0.2) is 36.2 Å². The van der Waals surface area contributed by atoms with Crippen molar-refractivity contribution in [2.45, 2.75) is 26.3 Å². The van der Waals surface area contributed by atoms with Crippen LogP contribution in [0.4, 0.5) is 4.39 Å². The summed E-state index contributed by atoms with van der Waals surface area (Å²) in [7, 11) is 0. The highest BCUT2D eigenvalue weighted by atomic mass is 19.1. The first-order valence-corrected chi connectivity index (χ1v) is 7.01. The zero-order valence-electron chi connectivity index (χ0n) is 11.7. The number of nitrogens with zero attached hydrogens (tertiary/aromatic N) is 1. The van der Waals surface area contributed by atoms with Gasteiger partial charge in [0.1, 0.15) is 11.6 Å². The zero-order valence-corrected chi connectivity index (χ0v) is 11.7. The lowest BCUT2D eigenvalue weighted by Crippen LogP contribution is -2.45. The molecule has 0 aromatic heterocycles. The predicted octanol–water partition coefficient (Wildman–Crippen LogP) is 2.52. The molecule has 1 aromatic carbocycles. The van der Waals surface area contributed by atoms with Gasteiger partial charge < -0.3 is 10.4 Å². The molecule has 1 saturated heterocycles. The van der Waals surface area contributed by atoms with Crippen LogP contribution in [0.5, 0.6) is 5.75 Å². The molecule has 2 N–H and O–H groups in total. The lowest BCUT2D eigenvalue weighted by atomic mass is 9.94. The number of phenols is 1.